The minimum atomic E-state index is -0.253. The largest absolute Gasteiger partial charge is 0.456 e. The predicted octanol–water partition coefficient (Wildman–Crippen LogP) is 5.19. The van der Waals surface area contributed by atoms with Crippen LogP contribution in [0.25, 0.3) is 0 Å². The van der Waals surface area contributed by atoms with Crippen LogP contribution in [0.15, 0.2) is 40.9 Å². The van der Waals surface area contributed by atoms with Crippen molar-refractivity contribution in [3.8, 4) is 11.5 Å². The molecule has 4 heteroatoms. The molecule has 2 aromatic carbocycles. The Kier molecular flexibility index (Phi) is 5.76. The smallest absolute Gasteiger partial charge is 0.141 e. The fourth-order valence-corrected chi connectivity index (χ4v) is 2.50. The Labute approximate surface area is 133 Å². The molecular formula is C17H19BrFNO. The van der Waals surface area contributed by atoms with Gasteiger partial charge in [0.05, 0.1) is 4.47 Å². The maximum Gasteiger partial charge on any atom is 0.141 e. The maximum atomic E-state index is 13.1. The van der Waals surface area contributed by atoms with Gasteiger partial charge in [-0.2, -0.15) is 0 Å². The molecule has 2 rings (SSSR count). The summed E-state index contributed by atoms with van der Waals surface area (Å²) in [5.74, 6) is 1.13. The highest BCUT2D eigenvalue weighted by Crippen LogP contribution is 2.32. The highest BCUT2D eigenvalue weighted by atomic mass is 79.9. The van der Waals surface area contributed by atoms with Crippen LogP contribution in [0.2, 0.25) is 0 Å². The second-order valence-corrected chi connectivity index (χ2v) is 5.81. The second-order valence-electron chi connectivity index (χ2n) is 4.95. The number of rotatable bonds is 6. The molecular weight excluding hydrogens is 333 g/mol. The molecule has 0 spiro atoms. The summed E-state index contributed by atoms with van der Waals surface area (Å²) in [4.78, 5) is 0. The van der Waals surface area contributed by atoms with Crippen LogP contribution >= 0.6 is 15.9 Å². The van der Waals surface area contributed by atoms with Gasteiger partial charge in [0.15, 0.2) is 0 Å². The zero-order valence-corrected chi connectivity index (χ0v) is 13.8. The molecule has 0 unspecified atom stereocenters. The summed E-state index contributed by atoms with van der Waals surface area (Å²) in [6, 6.07) is 10.5. The third kappa shape index (κ3) is 4.55. The van der Waals surface area contributed by atoms with Crippen LogP contribution < -0.4 is 10.1 Å². The van der Waals surface area contributed by atoms with Crippen molar-refractivity contribution in [2.45, 2.75) is 26.8 Å². The normalized spacial score (nSPS) is 10.7. The lowest BCUT2D eigenvalue weighted by Gasteiger charge is -2.12. The zero-order chi connectivity index (χ0) is 15.2. The van der Waals surface area contributed by atoms with Crippen LogP contribution in [0.4, 0.5) is 4.39 Å². The van der Waals surface area contributed by atoms with Crippen LogP contribution in [-0.2, 0) is 6.54 Å². The molecule has 0 fully saturated rings. The van der Waals surface area contributed by atoms with Crippen LogP contribution in [0, 0.1) is 12.7 Å². The number of hydrogen-bond acceptors (Lipinski definition) is 2. The first-order chi connectivity index (χ1) is 10.1. The van der Waals surface area contributed by atoms with Crippen molar-refractivity contribution in [2.75, 3.05) is 6.54 Å². The molecule has 0 saturated heterocycles. The Morgan fingerprint density at radius 1 is 1.14 bits per heavy atom. The average Bonchev–Trinajstić information content (AvgIpc) is 2.44. The molecule has 0 amide bonds. The van der Waals surface area contributed by atoms with E-state index < -0.39 is 0 Å². The fourth-order valence-electron chi connectivity index (χ4n) is 1.99. The van der Waals surface area contributed by atoms with Crippen LogP contribution in [0.1, 0.15) is 24.5 Å². The molecule has 0 atom stereocenters. The van der Waals surface area contributed by atoms with Crippen LogP contribution in [0.3, 0.4) is 0 Å². The van der Waals surface area contributed by atoms with E-state index in [-0.39, 0.29) is 5.82 Å². The molecule has 0 aliphatic rings. The van der Waals surface area contributed by atoms with Crippen molar-refractivity contribution in [2.24, 2.45) is 0 Å². The summed E-state index contributed by atoms with van der Waals surface area (Å²) in [6.45, 7) is 5.81. The SMILES string of the molecule is CCCNCc1ccc(Oc2ccc(F)cc2C)c(Br)c1. The first-order valence-corrected chi connectivity index (χ1v) is 7.82. The number of hydrogen-bond donors (Lipinski definition) is 1. The molecule has 2 aromatic rings. The maximum absolute atomic E-state index is 13.1. The molecule has 0 aliphatic carbocycles. The molecule has 0 heterocycles. The highest BCUT2D eigenvalue weighted by Gasteiger charge is 2.07. The van der Waals surface area contributed by atoms with E-state index in [4.69, 9.17) is 4.74 Å². The van der Waals surface area contributed by atoms with Gasteiger partial charge in [-0.05, 0) is 77.3 Å². The quantitative estimate of drug-likeness (QED) is 0.723. The van der Waals surface area contributed by atoms with E-state index in [1.165, 1.54) is 17.7 Å². The summed E-state index contributed by atoms with van der Waals surface area (Å²) < 4.78 is 19.8. The van der Waals surface area contributed by atoms with E-state index in [2.05, 4.69) is 28.2 Å². The summed E-state index contributed by atoms with van der Waals surface area (Å²) in [6.07, 6.45) is 1.12. The van der Waals surface area contributed by atoms with E-state index in [9.17, 15) is 4.39 Å². The Bertz CT molecular complexity index is 616. The monoisotopic (exact) mass is 351 g/mol. The molecule has 0 aliphatic heterocycles. The lowest BCUT2D eigenvalue weighted by atomic mass is 10.2. The van der Waals surface area contributed by atoms with Gasteiger partial charge in [-0.15, -0.1) is 0 Å². The molecule has 0 radical (unpaired) electrons. The van der Waals surface area contributed by atoms with Crippen molar-refractivity contribution >= 4 is 15.9 Å². The predicted molar refractivity (Wildman–Crippen MR) is 87.4 cm³/mol. The second kappa shape index (κ2) is 7.57. The molecule has 21 heavy (non-hydrogen) atoms. The summed E-state index contributed by atoms with van der Waals surface area (Å²) in [5, 5.41) is 3.36. The number of nitrogens with one attached hydrogen (secondary N) is 1. The van der Waals surface area contributed by atoms with Crippen LogP contribution in [-0.4, -0.2) is 6.54 Å². The van der Waals surface area contributed by atoms with E-state index in [1.54, 1.807) is 6.07 Å². The van der Waals surface area contributed by atoms with Gasteiger partial charge in [-0.25, -0.2) is 4.39 Å². The number of benzene rings is 2. The Morgan fingerprint density at radius 3 is 2.57 bits per heavy atom. The van der Waals surface area contributed by atoms with E-state index in [1.807, 2.05) is 25.1 Å². The Balaban J connectivity index is 2.10. The molecule has 112 valence electrons. The van der Waals surface area contributed by atoms with E-state index in [0.717, 1.165) is 35.3 Å². The molecule has 1 N–H and O–H groups in total. The van der Waals surface area contributed by atoms with Gasteiger partial charge in [0.25, 0.3) is 0 Å². The van der Waals surface area contributed by atoms with Gasteiger partial charge in [-0.3, -0.25) is 0 Å². The van der Waals surface area contributed by atoms with Gasteiger partial charge in [0.2, 0.25) is 0 Å². The third-order valence-corrected chi connectivity index (χ3v) is 3.73. The molecule has 0 saturated carbocycles. The number of aryl methyl sites for hydroxylation is 1. The summed E-state index contributed by atoms with van der Waals surface area (Å²) >= 11 is 3.53. The third-order valence-electron chi connectivity index (χ3n) is 3.11. The van der Waals surface area contributed by atoms with Crippen molar-refractivity contribution in [1.29, 1.82) is 0 Å². The van der Waals surface area contributed by atoms with Gasteiger partial charge < -0.3 is 10.1 Å². The number of ether oxygens (including phenoxy) is 1. The average molecular weight is 352 g/mol. The Morgan fingerprint density at radius 2 is 1.90 bits per heavy atom. The lowest BCUT2D eigenvalue weighted by molar-refractivity contribution is 0.473. The highest BCUT2D eigenvalue weighted by molar-refractivity contribution is 9.10. The van der Waals surface area contributed by atoms with Gasteiger partial charge in [0.1, 0.15) is 17.3 Å². The molecule has 2 nitrogen and oxygen atoms in total. The number of halogens is 2. The van der Waals surface area contributed by atoms with Gasteiger partial charge >= 0.3 is 0 Å². The topological polar surface area (TPSA) is 21.3 Å². The first kappa shape index (κ1) is 16.0. The Hall–Kier alpha value is -1.39. The minimum Gasteiger partial charge on any atom is -0.456 e. The van der Waals surface area contributed by atoms with Gasteiger partial charge in [0, 0.05) is 6.54 Å². The van der Waals surface area contributed by atoms with Crippen molar-refractivity contribution < 1.29 is 9.13 Å². The van der Waals surface area contributed by atoms with Crippen molar-refractivity contribution in [1.82, 2.24) is 5.32 Å². The minimum absolute atomic E-state index is 0.253. The van der Waals surface area contributed by atoms with E-state index in [0.29, 0.717) is 5.75 Å². The van der Waals surface area contributed by atoms with E-state index >= 15 is 0 Å². The van der Waals surface area contributed by atoms with Crippen molar-refractivity contribution in [3.05, 3.63) is 57.8 Å². The van der Waals surface area contributed by atoms with Crippen LogP contribution in [0.5, 0.6) is 11.5 Å². The standard InChI is InChI=1S/C17H19BrFNO/c1-3-8-20-11-13-4-6-17(15(18)10-13)21-16-7-5-14(19)9-12(16)2/h4-7,9-10,20H,3,8,11H2,1-2H3. The summed E-state index contributed by atoms with van der Waals surface area (Å²) in [5.41, 5.74) is 1.97. The fraction of sp³-hybridized carbons (Fsp3) is 0.294. The molecule has 0 bridgehead atoms. The van der Waals surface area contributed by atoms with Crippen molar-refractivity contribution in [3.63, 3.8) is 0 Å². The molecule has 0 aromatic heterocycles. The summed E-state index contributed by atoms with van der Waals surface area (Å²) in [7, 11) is 0. The first-order valence-electron chi connectivity index (χ1n) is 7.03. The zero-order valence-electron chi connectivity index (χ0n) is 12.2. The van der Waals surface area contributed by atoms with Gasteiger partial charge in [-0.1, -0.05) is 13.0 Å². The lowest BCUT2D eigenvalue weighted by Crippen LogP contribution is -2.13.